The summed E-state index contributed by atoms with van der Waals surface area (Å²) in [6.45, 7) is 3.99. The van der Waals surface area contributed by atoms with Crippen LogP contribution in [0.3, 0.4) is 0 Å². The Morgan fingerprint density at radius 1 is 1.19 bits per heavy atom. The second-order valence-electron chi connectivity index (χ2n) is 11.7. The number of likely N-dealkylation sites (N-methyl/N-ethyl adjacent to an activating group) is 1. The third-order valence-electron chi connectivity index (χ3n) is 8.68. The fourth-order valence-corrected chi connectivity index (χ4v) is 6.33. The number of halogens is 3. The highest BCUT2D eigenvalue weighted by atomic mass is 19.4. The lowest BCUT2D eigenvalue weighted by Crippen LogP contribution is -2.40. The molecule has 7 rings (SSSR count). The van der Waals surface area contributed by atoms with Crippen molar-refractivity contribution in [3.63, 3.8) is 0 Å². The van der Waals surface area contributed by atoms with Gasteiger partial charge in [0, 0.05) is 43.8 Å². The van der Waals surface area contributed by atoms with Gasteiger partial charge in [0.25, 0.3) is 0 Å². The molecule has 3 aliphatic heterocycles. The Balaban J connectivity index is 1.34. The molecule has 1 radical (unpaired) electrons. The molecule has 1 aromatic carbocycles. The molecule has 5 heterocycles. The van der Waals surface area contributed by atoms with E-state index in [0.29, 0.717) is 43.4 Å². The first-order valence-electron chi connectivity index (χ1n) is 14.3. The number of alkyl halides is 3. The molecule has 4 aliphatic rings. The third-order valence-corrected chi connectivity index (χ3v) is 8.68. The molecule has 0 spiro atoms. The van der Waals surface area contributed by atoms with Gasteiger partial charge < -0.3 is 10.1 Å². The van der Waals surface area contributed by atoms with Crippen molar-refractivity contribution in [1.82, 2.24) is 19.2 Å². The smallest absolute Gasteiger partial charge is 0.376 e. The molecule has 219 valence electrons. The number of fused-ring (bicyclic) bond motifs is 1. The maximum atomic E-state index is 14.4. The van der Waals surface area contributed by atoms with Gasteiger partial charge in [-0.05, 0) is 66.2 Å². The summed E-state index contributed by atoms with van der Waals surface area (Å²) in [5.41, 5.74) is 2.13. The number of rotatable bonds is 7. The van der Waals surface area contributed by atoms with Crippen molar-refractivity contribution in [2.45, 2.75) is 50.9 Å². The molecule has 0 unspecified atom stereocenters. The molecular weight excluding hydrogens is 547 g/mol. The van der Waals surface area contributed by atoms with Crippen molar-refractivity contribution < 1.29 is 22.5 Å². The highest BCUT2D eigenvalue weighted by molar-refractivity contribution is 5.76. The number of aromatic nitrogens is 2. The zero-order valence-corrected chi connectivity index (χ0v) is 23.4. The normalized spacial score (nSPS) is 22.2. The van der Waals surface area contributed by atoms with Gasteiger partial charge in [0.15, 0.2) is 0 Å². The quantitative estimate of drug-likeness (QED) is 0.410. The van der Waals surface area contributed by atoms with Crippen LogP contribution in [-0.4, -0.2) is 57.6 Å². The van der Waals surface area contributed by atoms with Crippen LogP contribution in [0.1, 0.15) is 54.4 Å². The molecule has 1 saturated heterocycles. The number of nitrogens with zero attached hydrogens (tertiary/aromatic N) is 6. The summed E-state index contributed by atoms with van der Waals surface area (Å²) < 4.78 is 53.1. The summed E-state index contributed by atoms with van der Waals surface area (Å²) in [4.78, 5) is 15.9. The van der Waals surface area contributed by atoms with E-state index in [-0.39, 0.29) is 17.5 Å². The number of hydrogen-bond acceptors (Lipinski definition) is 6. The van der Waals surface area contributed by atoms with Crippen LogP contribution in [0, 0.1) is 12.1 Å². The number of ether oxygens (including phenoxy) is 1. The average Bonchev–Trinajstić information content (AvgIpc) is 3.61. The van der Waals surface area contributed by atoms with E-state index in [1.165, 1.54) is 23.0 Å². The Kier molecular flexibility index (Phi) is 6.58. The summed E-state index contributed by atoms with van der Waals surface area (Å²) in [5.74, 6) is 0.314. The molecule has 3 aromatic rings. The first kappa shape index (κ1) is 27.1. The fourth-order valence-electron chi connectivity index (χ4n) is 6.33. The van der Waals surface area contributed by atoms with Gasteiger partial charge in [-0.25, -0.2) is 9.37 Å². The van der Waals surface area contributed by atoms with E-state index in [2.05, 4.69) is 26.5 Å². The maximum absolute atomic E-state index is 14.4. The van der Waals surface area contributed by atoms with Crippen molar-refractivity contribution in [2.75, 3.05) is 26.7 Å². The second-order valence-corrected chi connectivity index (χ2v) is 11.7. The SMILES string of the molecule is C[C@@H]1CN(Cc2cc(C(F)(F)F)c3cn(-c4cc(C5=CN5)cc([C@@H]([C]5N=NC=[N+]5C)C5CCC5)c4)c(=O)n3c2)CCO1. The number of pyridine rings is 1. The second kappa shape index (κ2) is 10.2. The van der Waals surface area contributed by atoms with E-state index in [1.807, 2.05) is 36.9 Å². The van der Waals surface area contributed by atoms with Crippen LogP contribution in [0.2, 0.25) is 0 Å². The highest BCUT2D eigenvalue weighted by Crippen LogP contribution is 2.47. The highest BCUT2D eigenvalue weighted by Gasteiger charge is 2.43. The monoisotopic (exact) mass is 579 g/mol. The van der Waals surface area contributed by atoms with E-state index in [9.17, 15) is 18.0 Å². The Labute approximate surface area is 240 Å². The van der Waals surface area contributed by atoms with Gasteiger partial charge in [-0.2, -0.15) is 13.2 Å². The van der Waals surface area contributed by atoms with Crippen LogP contribution in [0.25, 0.3) is 16.9 Å². The van der Waals surface area contributed by atoms with Gasteiger partial charge in [0.05, 0.1) is 53.3 Å². The minimum absolute atomic E-state index is 0.00349. The van der Waals surface area contributed by atoms with E-state index in [4.69, 9.17) is 4.74 Å². The molecule has 1 N–H and O–H groups in total. The van der Waals surface area contributed by atoms with Crippen molar-refractivity contribution >= 4 is 17.6 Å². The molecule has 2 fully saturated rings. The third kappa shape index (κ3) is 4.96. The van der Waals surface area contributed by atoms with Crippen LogP contribution in [0.5, 0.6) is 0 Å². The zero-order valence-electron chi connectivity index (χ0n) is 23.4. The number of azo groups is 1. The summed E-state index contributed by atoms with van der Waals surface area (Å²) in [6, 6.07) is 7.00. The molecule has 1 aliphatic carbocycles. The maximum Gasteiger partial charge on any atom is 0.418 e. The Bertz CT molecular complexity index is 1700. The topological polar surface area (TPSA) is 88.5 Å². The van der Waals surface area contributed by atoms with Crippen molar-refractivity contribution in [3.8, 4) is 5.69 Å². The number of morpholine rings is 1. The minimum atomic E-state index is -4.63. The van der Waals surface area contributed by atoms with Gasteiger partial charge in [0.1, 0.15) is 0 Å². The van der Waals surface area contributed by atoms with Gasteiger partial charge in [-0.15, -0.1) is 0 Å². The lowest BCUT2D eigenvalue weighted by molar-refractivity contribution is -0.480. The number of benzene rings is 1. The predicted octanol–water partition coefficient (Wildman–Crippen LogP) is 4.74. The number of imidazole rings is 1. The standard InChI is InChI=1S/C30H32F3N7O2/c1-18-13-38(6-7-42-18)14-19-8-24(30(31,32)33)26-16-39(29(41)40(26)15-19)23-10-21(25-12-34-25)9-22(11-23)27(20-4-3-5-20)28-36-35-17-37(28)2/h8-12,15-18,20,27,34H,3-7,13-14H2,1-2H3/q+1/t18-,27+/m1/s1. The molecule has 9 nitrogen and oxygen atoms in total. The summed E-state index contributed by atoms with van der Waals surface area (Å²) in [7, 11) is 1.91. The fraction of sp³-hybridized carbons (Fsp3) is 0.433. The van der Waals surface area contributed by atoms with E-state index < -0.39 is 17.4 Å². The molecule has 2 aromatic heterocycles. The van der Waals surface area contributed by atoms with Crippen LogP contribution in [-0.2, 0) is 17.5 Å². The van der Waals surface area contributed by atoms with Crippen LogP contribution < -0.4 is 11.0 Å². The van der Waals surface area contributed by atoms with Gasteiger partial charge in [-0.1, -0.05) is 6.42 Å². The largest absolute Gasteiger partial charge is 0.418 e. The Hall–Kier alpha value is -3.77. The molecule has 0 amide bonds. The Morgan fingerprint density at radius 3 is 2.64 bits per heavy atom. The summed E-state index contributed by atoms with van der Waals surface area (Å²) in [5, 5.41) is 11.6. The first-order chi connectivity index (χ1) is 20.2. The van der Waals surface area contributed by atoms with Crippen molar-refractivity contribution in [1.29, 1.82) is 0 Å². The van der Waals surface area contributed by atoms with Crippen molar-refractivity contribution in [3.05, 3.63) is 81.8 Å². The van der Waals surface area contributed by atoms with E-state index in [0.717, 1.165) is 46.7 Å². The van der Waals surface area contributed by atoms with Crippen LogP contribution in [0.4, 0.5) is 13.2 Å². The molecule has 12 heteroatoms. The average molecular weight is 580 g/mol. The van der Waals surface area contributed by atoms with Gasteiger partial charge >= 0.3 is 24.4 Å². The molecule has 42 heavy (non-hydrogen) atoms. The number of nitrogens with one attached hydrogen (secondary N) is 1. The first-order valence-corrected chi connectivity index (χ1v) is 14.3. The Morgan fingerprint density at radius 2 is 2.00 bits per heavy atom. The predicted molar refractivity (Wildman–Crippen MR) is 150 cm³/mol. The van der Waals surface area contributed by atoms with E-state index >= 15 is 0 Å². The summed E-state index contributed by atoms with van der Waals surface area (Å²) >= 11 is 0. The van der Waals surface area contributed by atoms with Crippen molar-refractivity contribution in [2.24, 2.45) is 16.1 Å². The van der Waals surface area contributed by atoms with Gasteiger partial charge in [-0.3, -0.25) is 13.9 Å². The lowest BCUT2D eigenvalue weighted by Gasteiger charge is -2.34. The number of hydrogen-bond donors (Lipinski definition) is 1. The van der Waals surface area contributed by atoms with Crippen LogP contribution in [0.15, 0.2) is 57.9 Å². The molecule has 2 atom stereocenters. The zero-order chi connectivity index (χ0) is 29.2. The van der Waals surface area contributed by atoms with Crippen LogP contribution >= 0.6 is 0 Å². The summed E-state index contributed by atoms with van der Waals surface area (Å²) in [6.07, 6.45) is 5.82. The molecule has 1 saturated carbocycles. The molecule has 0 bridgehead atoms. The minimum Gasteiger partial charge on any atom is -0.376 e. The lowest BCUT2D eigenvalue weighted by atomic mass is 9.71. The van der Waals surface area contributed by atoms with E-state index in [1.54, 1.807) is 6.34 Å². The van der Waals surface area contributed by atoms with Gasteiger partial charge in [0.2, 0.25) is 0 Å². The molecular formula is C30H32F3N7O2+.